The summed E-state index contributed by atoms with van der Waals surface area (Å²) in [6.45, 7) is 0. The van der Waals surface area contributed by atoms with E-state index in [1.165, 1.54) is 45.3 Å². The van der Waals surface area contributed by atoms with Crippen LogP contribution >= 0.6 is 0 Å². The molecule has 6 aromatic carbocycles. The van der Waals surface area contributed by atoms with Crippen LogP contribution in [0.4, 0.5) is 28.4 Å². The summed E-state index contributed by atoms with van der Waals surface area (Å²) in [5, 5.41) is 5.91. The van der Waals surface area contributed by atoms with Gasteiger partial charge in [0.05, 0.1) is 5.69 Å². The van der Waals surface area contributed by atoms with Gasteiger partial charge < -0.3 is 10.2 Å². The van der Waals surface area contributed by atoms with Crippen molar-refractivity contribution >= 4 is 985 Å². The van der Waals surface area contributed by atoms with Crippen LogP contribution in [0.2, 0.25) is 0 Å². The smallest absolute Gasteiger partial charge is 0.0540 e. The molecule has 0 heterocycles. The van der Waals surface area contributed by atoms with Crippen molar-refractivity contribution in [1.29, 1.82) is 0 Å². The minimum absolute atomic E-state index is 1.08. The van der Waals surface area contributed by atoms with Crippen molar-refractivity contribution in [3.05, 3.63) is 152 Å². The molecule has 1 N–H and O–H groups in total. The molecule has 0 aliphatic carbocycles. The van der Waals surface area contributed by atoms with Crippen LogP contribution in [0, 0.1) is 0 Å². The van der Waals surface area contributed by atoms with Gasteiger partial charge in [0.2, 0.25) is 0 Å². The van der Waals surface area contributed by atoms with Gasteiger partial charge in [0.25, 0.3) is 0 Å². The van der Waals surface area contributed by atoms with Crippen LogP contribution in [-0.4, -0.2) is 0 Å². The average Bonchev–Trinajstić information content (AvgIpc) is 0.779. The van der Waals surface area contributed by atoms with Gasteiger partial charge in [-0.1, -0.05) is 97.1 Å². The van der Waals surface area contributed by atoms with E-state index < -0.39 is 0 Å². The van der Waals surface area contributed by atoms with Crippen LogP contribution in [0.5, 0.6) is 0 Å². The third-order valence-electron chi connectivity index (χ3n) is 9.29. The molecule has 0 bridgehead atoms. The van der Waals surface area contributed by atoms with E-state index in [0.29, 0.717) is 0 Å². The first-order valence-corrected chi connectivity index (χ1v) is 170. The van der Waals surface area contributed by atoms with Crippen molar-refractivity contribution in [2.45, 2.75) is 0 Å². The number of nitrogens with zero attached hydrogens (tertiary/aromatic N) is 1. The SMILES string of the molecule is S=S=S=S=S=S=S=S=S=S=S=S=S=S=S=S=S=S=S=S=S=S=S=S=S=S=S=S=S=S=S=S=S=S=S=S=S=S=S=S=S=S=S=S=S=S=S=S=S=S=S=S=S=S=S=S=S=S=S=S=S=S=S=S=S=S=S=S=S=S=S=S=S=S=S=S=S=S=S=S=S=S=S=S=S=S=S=S=S=S=S=S=S=S=S=S=S=S=S=S=S=S=S=S=S=S.c1ccc(Nc2ccc(-c3ccc(N(c4ccccc4)c4cccc5ccccc45)cc3)cc2)cc1. The van der Waals surface area contributed by atoms with Gasteiger partial charge in [-0.2, -0.15) is 0 Å². The van der Waals surface area contributed by atoms with Crippen molar-refractivity contribution in [3.63, 3.8) is 0 Å². The largest absolute Gasteiger partial charge is 0.356 e. The van der Waals surface area contributed by atoms with Gasteiger partial charge in [-0.05, 0) is 71.1 Å². The Kier molecular flexibility index (Phi) is 134. The topological polar surface area (TPSA) is 15.3 Å². The molecule has 0 aromatic heterocycles. The number of nitrogens with one attached hydrogen (secondary N) is 1. The summed E-state index contributed by atoms with van der Waals surface area (Å²) in [4.78, 5) is 2.33. The fraction of sp³-hybridized carbons (Fsp3) is 0. The molecule has 0 aliphatic heterocycles. The molecule has 0 atom stereocenters. The van der Waals surface area contributed by atoms with E-state index in [1.54, 1.807) is 107 Å². The highest BCUT2D eigenvalue weighted by Crippen LogP contribution is 2.39. The molecular weight excluding hydrogens is 3840 g/mol. The standard InChI is InChI=1S/C34H26N2.S106/c1-3-12-29(13-4-1)35-30-22-18-26(19-23-30)27-20-24-32(25-21-27)36(31-14-5-2-6-15-31)34-17-9-11-28-10-7-8-16-33(28)34;1-3-5-7-9-11-13-15-17-19-21-23-25-27-29-31-33-35-37-39-41-43-45-47-49-51-53-55-57-59-61-63-65-67-69-71-73-75-77-79-81-83-85-87-89-91-93-95-97-99-101-103-105-106-104-102-100-98-96-94-92-90-88-86-84-82-80-78-76-74-72-70-68-66-64-62-60-58-56-54-52-50-48-46-44-42-40-38-36-34-32-30-28-26-24-22-20-18-16-14-12-10-8-6-4-2/h1-25,35H;. The van der Waals surface area contributed by atoms with Crippen molar-refractivity contribution in [2.24, 2.45) is 0 Å². The summed E-state index contributed by atoms with van der Waals surface area (Å²) in [5.74, 6) is 0. The number of benzene rings is 6. The Morgan fingerprint density at radius 2 is 0.289 bits per heavy atom. The first-order chi connectivity index (χ1) is 70.8. The van der Waals surface area contributed by atoms with Crippen LogP contribution in [-0.2, 0) is 946 Å². The zero-order valence-electron chi connectivity index (χ0n) is 63.2. The summed E-state index contributed by atoms with van der Waals surface area (Å²) in [5.41, 5.74) is 7.98. The highest BCUT2D eigenvalue weighted by Gasteiger charge is 2.15. The van der Waals surface area contributed by atoms with Crippen LogP contribution in [0.25, 0.3) is 21.9 Å². The highest BCUT2D eigenvalue weighted by atomic mass is 33.6. The zero-order chi connectivity index (χ0) is 99.7. The Morgan fingerprint density at radius 3 is 0.493 bits per heavy atom. The second-order valence-corrected chi connectivity index (χ2v) is 200. The number of rotatable bonds is 6. The lowest BCUT2D eigenvalue weighted by atomic mass is 10.0. The molecule has 0 fully saturated rings. The molecule has 0 radical (unpaired) electrons. The first kappa shape index (κ1) is 151. The zero-order valence-corrected chi connectivity index (χ0v) is 150. The van der Waals surface area contributed by atoms with Gasteiger partial charge in [0.15, 0.2) is 0 Å². The maximum absolute atomic E-state index is 4.83. The average molecular weight is 3860 g/mol. The third kappa shape index (κ3) is 99.8. The van der Waals surface area contributed by atoms with Crippen LogP contribution < -0.4 is 10.2 Å². The normalized spacial score (nSPS) is 8.62. The number of fused-ring (bicyclic) bond motifs is 1. The van der Waals surface area contributed by atoms with E-state index in [-0.39, 0.29) is 0 Å². The summed E-state index contributed by atoms with van der Waals surface area (Å²) in [6, 6.07) is 53.3. The quantitative estimate of drug-likeness (QED) is 0.179. The molecule has 6 aromatic rings. The number of para-hydroxylation sites is 2. The second kappa shape index (κ2) is 126. The van der Waals surface area contributed by atoms with Crippen LogP contribution in [0.1, 0.15) is 0 Å². The predicted molar refractivity (Wildman–Crippen MR) is 934 cm³/mol. The predicted octanol–water partition coefficient (Wildman–Crippen LogP) is 9.47. The van der Waals surface area contributed by atoms with Crippen molar-refractivity contribution < 1.29 is 0 Å². The molecule has 0 aliphatic rings. The van der Waals surface area contributed by atoms with Crippen LogP contribution in [0.15, 0.2) is 152 Å². The summed E-state index contributed by atoms with van der Waals surface area (Å²) in [7, 11) is 188. The number of hydrogen-bond acceptors (Lipinski definition) is 4. The Bertz CT molecular complexity index is 10600. The van der Waals surface area contributed by atoms with E-state index in [2.05, 4.69) is 144 Å². The second-order valence-electron chi connectivity index (χ2n) is 15.9. The minimum Gasteiger partial charge on any atom is -0.356 e. The van der Waals surface area contributed by atoms with Gasteiger partial charge in [-0.3, -0.25) is 0 Å². The van der Waals surface area contributed by atoms with E-state index in [0.717, 1.165) is 22.7 Å². The fourth-order valence-electron chi connectivity index (χ4n) is 5.80. The molecular formula is C34H26N2S106. The van der Waals surface area contributed by atoms with Crippen LogP contribution in [0.3, 0.4) is 0 Å². The van der Waals surface area contributed by atoms with Gasteiger partial charge in [0.1, 0.15) is 0 Å². The van der Waals surface area contributed by atoms with Gasteiger partial charge in [-0.25, -0.2) is 0 Å². The maximum Gasteiger partial charge on any atom is 0.0540 e. The summed E-state index contributed by atoms with van der Waals surface area (Å²) in [6.07, 6.45) is 0. The molecule has 0 spiro atoms. The fourth-order valence-corrected chi connectivity index (χ4v) is 286. The lowest BCUT2D eigenvalue weighted by Crippen LogP contribution is -2.10. The van der Waals surface area contributed by atoms with E-state index in [9.17, 15) is 0 Å². The Hall–Kier alpha value is 18.5. The molecule has 0 amide bonds. The third-order valence-corrected chi connectivity index (χ3v) is 238. The lowest BCUT2D eigenvalue weighted by Gasteiger charge is -2.27. The van der Waals surface area contributed by atoms with Gasteiger partial charge >= 0.3 is 0 Å². The maximum atomic E-state index is 4.83. The molecule has 0 saturated heterocycles. The van der Waals surface area contributed by atoms with Crippen molar-refractivity contribution in [2.75, 3.05) is 10.2 Å². The van der Waals surface area contributed by atoms with Crippen molar-refractivity contribution in [3.8, 4) is 11.1 Å². The highest BCUT2D eigenvalue weighted by molar-refractivity contribution is 8.88. The molecule has 142 heavy (non-hydrogen) atoms. The first-order valence-electron chi connectivity index (χ1n) is 29.7. The summed E-state index contributed by atoms with van der Waals surface area (Å²) >= 11 is 9.66. The molecule has 808 valence electrons. The molecule has 0 saturated carbocycles. The lowest BCUT2D eigenvalue weighted by molar-refractivity contribution is 1.30. The van der Waals surface area contributed by atoms with Gasteiger partial charge in [0, 0.05) is 974 Å². The molecule has 6 rings (SSSR count). The summed E-state index contributed by atoms with van der Waals surface area (Å²) < 4.78 is 0. The van der Waals surface area contributed by atoms with Gasteiger partial charge in [-0.15, -0.1) is 0 Å². The molecule has 2 nitrogen and oxygen atoms in total. The minimum atomic E-state index is 1.08. The van der Waals surface area contributed by atoms with E-state index in [4.69, 9.17) is 22.4 Å². The Morgan fingerprint density at radius 1 is 0.134 bits per heavy atom. The van der Waals surface area contributed by atoms with E-state index >= 15 is 0 Å². The molecule has 108 heteroatoms. The van der Waals surface area contributed by atoms with Crippen molar-refractivity contribution in [1.82, 2.24) is 0 Å². The Labute approximate surface area is 1130 Å². The number of hydrogen-bond donors (Lipinski definition) is 1. The monoisotopic (exact) mass is 3850 g/mol. The Balaban J connectivity index is 0.000000804. The van der Waals surface area contributed by atoms with E-state index in [1.807, 2.05) is 817 Å². The number of anilines is 5. The molecule has 0 unspecified atom stereocenters.